The molecule has 0 bridgehead atoms. The first-order chi connectivity index (χ1) is 7.92. The van der Waals surface area contributed by atoms with Gasteiger partial charge in [0.25, 0.3) is 0 Å². The molecule has 1 fully saturated rings. The van der Waals surface area contributed by atoms with Gasteiger partial charge >= 0.3 is 0 Å². The molecule has 0 aliphatic heterocycles. The second kappa shape index (κ2) is 4.50. The molecule has 2 aromatic heterocycles. The summed E-state index contributed by atoms with van der Waals surface area (Å²) in [5.41, 5.74) is 0. The first-order valence-electron chi connectivity index (χ1n) is 5.20. The van der Waals surface area contributed by atoms with Crippen LogP contribution < -0.4 is 0 Å². The topological polar surface area (TPSA) is 56.5 Å². The number of aromatic nitrogens is 5. The molecule has 3 rings (SSSR count). The molecule has 2 aromatic rings. The molecule has 0 amide bonds. The van der Waals surface area contributed by atoms with Crippen molar-refractivity contribution < 1.29 is 0 Å². The van der Waals surface area contributed by atoms with Crippen LogP contribution in [-0.4, -0.2) is 30.7 Å². The molecule has 0 aromatic carbocycles. The van der Waals surface area contributed by atoms with Crippen molar-refractivity contribution in [1.82, 2.24) is 25.0 Å². The molecule has 0 saturated heterocycles. The van der Waals surface area contributed by atoms with Crippen LogP contribution in [0.4, 0.5) is 0 Å². The molecule has 0 unspecified atom stereocenters. The lowest BCUT2D eigenvalue weighted by Gasteiger charge is -1.96. The lowest BCUT2D eigenvalue weighted by molar-refractivity contribution is 0.664. The summed E-state index contributed by atoms with van der Waals surface area (Å²) >= 11 is 3.48. The Morgan fingerprint density at radius 3 is 3.12 bits per heavy atom. The van der Waals surface area contributed by atoms with Crippen molar-refractivity contribution >= 4 is 23.1 Å². The van der Waals surface area contributed by atoms with Crippen molar-refractivity contribution in [3.05, 3.63) is 17.7 Å². The minimum Gasteiger partial charge on any atom is -0.252 e. The Morgan fingerprint density at radius 1 is 1.44 bits per heavy atom. The second-order valence-electron chi connectivity index (χ2n) is 3.69. The van der Waals surface area contributed by atoms with E-state index in [4.69, 9.17) is 0 Å². The number of nitrogens with zero attached hydrogens (tertiary/aromatic N) is 5. The molecule has 1 aliphatic carbocycles. The predicted molar refractivity (Wildman–Crippen MR) is 62.6 cm³/mol. The Morgan fingerprint density at radius 2 is 2.38 bits per heavy atom. The number of hydrogen-bond acceptors (Lipinski definition) is 6. The lowest BCUT2D eigenvalue weighted by Crippen LogP contribution is -2.00. The zero-order chi connectivity index (χ0) is 10.8. The van der Waals surface area contributed by atoms with Gasteiger partial charge in [0.2, 0.25) is 0 Å². The summed E-state index contributed by atoms with van der Waals surface area (Å²) in [5.74, 6) is 1.67. The summed E-state index contributed by atoms with van der Waals surface area (Å²) in [6.45, 7) is 0.864. The Labute approximate surface area is 101 Å². The van der Waals surface area contributed by atoms with Crippen molar-refractivity contribution in [2.75, 3.05) is 5.75 Å². The predicted octanol–water partition coefficient (Wildman–Crippen LogP) is 1.80. The van der Waals surface area contributed by atoms with Crippen molar-refractivity contribution in [3.63, 3.8) is 0 Å². The van der Waals surface area contributed by atoms with Crippen molar-refractivity contribution in [2.24, 2.45) is 0 Å². The molecule has 0 atom stereocenters. The fourth-order valence-corrected chi connectivity index (χ4v) is 3.39. The quantitative estimate of drug-likeness (QED) is 0.760. The van der Waals surface area contributed by atoms with Crippen LogP contribution >= 0.6 is 23.1 Å². The molecule has 16 heavy (non-hydrogen) atoms. The molecule has 1 saturated carbocycles. The first kappa shape index (κ1) is 10.2. The molecule has 84 valence electrons. The van der Waals surface area contributed by atoms with Gasteiger partial charge in [-0.2, -0.15) is 5.10 Å². The Balaban J connectivity index is 1.50. The lowest BCUT2D eigenvalue weighted by atomic mass is 10.5. The zero-order valence-corrected chi connectivity index (χ0v) is 10.2. The van der Waals surface area contributed by atoms with E-state index < -0.39 is 0 Å². The van der Waals surface area contributed by atoms with E-state index >= 15 is 0 Å². The Bertz CT molecular complexity index is 448. The Hall–Kier alpha value is -0.950. The van der Waals surface area contributed by atoms with Gasteiger partial charge in [-0.25, -0.2) is 4.98 Å². The third kappa shape index (κ3) is 2.41. The third-order valence-corrected chi connectivity index (χ3v) is 4.56. The van der Waals surface area contributed by atoms with Gasteiger partial charge in [0.15, 0.2) is 4.34 Å². The van der Waals surface area contributed by atoms with E-state index in [2.05, 4.69) is 20.3 Å². The second-order valence-corrected chi connectivity index (χ2v) is 6.04. The van der Waals surface area contributed by atoms with Crippen LogP contribution in [0.15, 0.2) is 17.0 Å². The van der Waals surface area contributed by atoms with E-state index in [1.54, 1.807) is 35.8 Å². The number of rotatable bonds is 5. The molecule has 7 heteroatoms. The molecule has 1 aliphatic rings. The monoisotopic (exact) mass is 253 g/mol. The van der Waals surface area contributed by atoms with Gasteiger partial charge in [0.1, 0.15) is 17.7 Å². The van der Waals surface area contributed by atoms with E-state index in [0.29, 0.717) is 5.92 Å². The van der Waals surface area contributed by atoms with Crippen LogP contribution in [0.2, 0.25) is 0 Å². The maximum Gasteiger partial charge on any atom is 0.174 e. The Kier molecular flexibility index (Phi) is 2.88. The van der Waals surface area contributed by atoms with Crippen molar-refractivity contribution in [1.29, 1.82) is 0 Å². The maximum atomic E-state index is 4.21. The average molecular weight is 253 g/mol. The fraction of sp³-hybridized carbons (Fsp3) is 0.556. The van der Waals surface area contributed by atoms with E-state index in [-0.39, 0.29) is 0 Å². The van der Waals surface area contributed by atoms with Crippen LogP contribution in [0.25, 0.3) is 0 Å². The number of hydrogen-bond donors (Lipinski definition) is 0. The van der Waals surface area contributed by atoms with Gasteiger partial charge in [-0.3, -0.25) is 4.68 Å². The summed E-state index contributed by atoms with van der Waals surface area (Å²) < 4.78 is 2.90. The van der Waals surface area contributed by atoms with E-state index in [9.17, 15) is 0 Å². The highest BCUT2D eigenvalue weighted by atomic mass is 32.2. The minimum atomic E-state index is 0.710. The average Bonchev–Trinajstić information content (AvgIpc) is 2.83. The number of thioether (sulfide) groups is 1. The molecule has 5 nitrogen and oxygen atoms in total. The summed E-state index contributed by atoms with van der Waals surface area (Å²) in [4.78, 5) is 3.90. The standard InChI is InChI=1S/C9H11N5S2/c1-2-7(1)8-12-13-9(16-8)15-4-3-14-6-10-5-11-14/h5-7H,1-4H2. The molecule has 0 radical (unpaired) electrons. The minimum absolute atomic E-state index is 0.710. The third-order valence-electron chi connectivity index (χ3n) is 2.36. The summed E-state index contributed by atoms with van der Waals surface area (Å²) in [6.07, 6.45) is 5.87. The first-order valence-corrected chi connectivity index (χ1v) is 7.00. The maximum absolute atomic E-state index is 4.21. The fourth-order valence-electron chi connectivity index (χ4n) is 1.35. The highest BCUT2D eigenvalue weighted by molar-refractivity contribution is 8.01. The van der Waals surface area contributed by atoms with Gasteiger partial charge in [-0.1, -0.05) is 23.1 Å². The molecular formula is C9H11N5S2. The molecule has 2 heterocycles. The van der Waals surface area contributed by atoms with Crippen LogP contribution in [-0.2, 0) is 6.54 Å². The smallest absolute Gasteiger partial charge is 0.174 e. The van der Waals surface area contributed by atoms with Crippen LogP contribution in [0.1, 0.15) is 23.8 Å². The van der Waals surface area contributed by atoms with Crippen LogP contribution in [0.3, 0.4) is 0 Å². The number of aryl methyl sites for hydroxylation is 1. The van der Waals surface area contributed by atoms with Gasteiger partial charge in [0.05, 0.1) is 6.54 Å². The highest BCUT2D eigenvalue weighted by Crippen LogP contribution is 2.42. The molecule has 0 N–H and O–H groups in total. The van der Waals surface area contributed by atoms with Gasteiger partial charge in [-0.05, 0) is 12.8 Å². The SMILES string of the molecule is c1ncn(CCSc2nnc(C3CC3)s2)n1. The highest BCUT2D eigenvalue weighted by Gasteiger charge is 2.27. The largest absolute Gasteiger partial charge is 0.252 e. The summed E-state index contributed by atoms with van der Waals surface area (Å²) in [6, 6.07) is 0. The van der Waals surface area contributed by atoms with Crippen molar-refractivity contribution in [2.45, 2.75) is 29.6 Å². The van der Waals surface area contributed by atoms with E-state index in [1.807, 2.05) is 4.68 Å². The summed E-state index contributed by atoms with van der Waals surface area (Å²) in [7, 11) is 0. The van der Waals surface area contributed by atoms with Crippen LogP contribution in [0.5, 0.6) is 0 Å². The zero-order valence-electron chi connectivity index (χ0n) is 8.61. The van der Waals surface area contributed by atoms with E-state index in [0.717, 1.165) is 16.6 Å². The van der Waals surface area contributed by atoms with Gasteiger partial charge < -0.3 is 0 Å². The van der Waals surface area contributed by atoms with Gasteiger partial charge in [-0.15, -0.1) is 10.2 Å². The van der Waals surface area contributed by atoms with E-state index in [1.165, 1.54) is 17.8 Å². The molecular weight excluding hydrogens is 242 g/mol. The normalized spacial score (nSPS) is 15.5. The summed E-state index contributed by atoms with van der Waals surface area (Å²) in [5, 5.41) is 13.7. The molecule has 0 spiro atoms. The van der Waals surface area contributed by atoms with Crippen molar-refractivity contribution in [3.8, 4) is 0 Å². The van der Waals surface area contributed by atoms with Gasteiger partial charge in [0, 0.05) is 11.7 Å². The van der Waals surface area contributed by atoms with Crippen LogP contribution in [0, 0.1) is 0 Å².